The first-order valence-corrected chi connectivity index (χ1v) is 9.02. The zero-order chi connectivity index (χ0) is 15.0. The van der Waals surface area contributed by atoms with Gasteiger partial charge in [-0.3, -0.25) is 4.79 Å². The molecule has 0 fully saturated rings. The number of unbranched alkanes of at least 4 members (excludes halogenated alkanes) is 3. The number of Topliss-reactive ketones (excluding diaryl/α,β-unsaturated/α-hetero) is 1. The van der Waals surface area contributed by atoms with E-state index in [1.54, 1.807) is 24.3 Å². The van der Waals surface area contributed by atoms with E-state index >= 15 is 0 Å². The van der Waals surface area contributed by atoms with Gasteiger partial charge in [0.1, 0.15) is 0 Å². The normalized spacial score (nSPS) is 11.5. The number of hydrogen-bond donors (Lipinski definition) is 0. The third-order valence-electron chi connectivity index (χ3n) is 3.31. The first-order chi connectivity index (χ1) is 9.51. The van der Waals surface area contributed by atoms with Gasteiger partial charge in [-0.05, 0) is 25.0 Å². The highest BCUT2D eigenvalue weighted by molar-refractivity contribution is 7.91. The lowest BCUT2D eigenvalue weighted by Gasteiger charge is -2.05. The highest BCUT2D eigenvalue weighted by atomic mass is 32.2. The molecule has 0 spiro atoms. The van der Waals surface area contributed by atoms with Crippen molar-refractivity contribution in [2.24, 2.45) is 0 Å². The van der Waals surface area contributed by atoms with Crippen LogP contribution in [0.25, 0.3) is 0 Å². The minimum absolute atomic E-state index is 0.0850. The average Bonchev–Trinajstić information content (AvgIpc) is 2.45. The predicted molar refractivity (Wildman–Crippen MR) is 81.9 cm³/mol. The fraction of sp³-hybridized carbons (Fsp3) is 0.562. The maximum atomic E-state index is 12.1. The van der Waals surface area contributed by atoms with E-state index in [0.29, 0.717) is 23.3 Å². The maximum Gasteiger partial charge on any atom is 0.178 e. The van der Waals surface area contributed by atoms with Crippen LogP contribution in [0.1, 0.15) is 62.7 Å². The standard InChI is InChI=1S/C16H24O3S/c1-3-5-7-13-20(18,19)15-11-9-14(10-12-15)16(17)8-6-4-2/h9-12H,3-8,13H2,1-2H3. The molecule has 0 radical (unpaired) electrons. The van der Waals surface area contributed by atoms with Gasteiger partial charge in [0, 0.05) is 12.0 Å². The van der Waals surface area contributed by atoms with Gasteiger partial charge in [-0.2, -0.15) is 0 Å². The third kappa shape index (κ3) is 5.08. The molecule has 20 heavy (non-hydrogen) atoms. The minimum Gasteiger partial charge on any atom is -0.294 e. The molecule has 0 aliphatic rings. The van der Waals surface area contributed by atoms with Crippen molar-refractivity contribution in [1.29, 1.82) is 0 Å². The molecule has 0 aromatic heterocycles. The Balaban J connectivity index is 2.72. The van der Waals surface area contributed by atoms with E-state index in [-0.39, 0.29) is 11.5 Å². The Morgan fingerprint density at radius 2 is 1.55 bits per heavy atom. The molecule has 0 amide bonds. The molecule has 0 saturated carbocycles. The van der Waals surface area contributed by atoms with Crippen molar-refractivity contribution in [3.63, 3.8) is 0 Å². The summed E-state index contributed by atoms with van der Waals surface area (Å²) in [5.41, 5.74) is 0.603. The van der Waals surface area contributed by atoms with E-state index in [9.17, 15) is 13.2 Å². The van der Waals surface area contributed by atoms with Crippen LogP contribution in [0.4, 0.5) is 0 Å². The molecule has 0 heterocycles. The second-order valence-corrected chi connectivity index (χ2v) is 7.19. The van der Waals surface area contributed by atoms with Crippen LogP contribution in [-0.4, -0.2) is 20.0 Å². The van der Waals surface area contributed by atoms with Gasteiger partial charge in [-0.1, -0.05) is 45.2 Å². The van der Waals surface area contributed by atoms with Crippen molar-refractivity contribution in [2.75, 3.05) is 5.75 Å². The number of carbonyl (C=O) groups is 1. The van der Waals surface area contributed by atoms with Gasteiger partial charge < -0.3 is 0 Å². The van der Waals surface area contributed by atoms with Crippen LogP contribution in [0.3, 0.4) is 0 Å². The van der Waals surface area contributed by atoms with Crippen molar-refractivity contribution in [3.8, 4) is 0 Å². The molecule has 0 atom stereocenters. The summed E-state index contributed by atoms with van der Waals surface area (Å²) in [5, 5.41) is 0. The molecule has 1 aromatic rings. The summed E-state index contributed by atoms with van der Waals surface area (Å²) < 4.78 is 24.2. The lowest BCUT2D eigenvalue weighted by atomic mass is 10.1. The van der Waals surface area contributed by atoms with Crippen LogP contribution in [0.15, 0.2) is 29.2 Å². The predicted octanol–water partition coefficient (Wildman–Crippen LogP) is 4.02. The number of sulfone groups is 1. The van der Waals surface area contributed by atoms with E-state index < -0.39 is 9.84 Å². The largest absolute Gasteiger partial charge is 0.294 e. The second-order valence-electron chi connectivity index (χ2n) is 5.08. The highest BCUT2D eigenvalue weighted by Crippen LogP contribution is 2.16. The van der Waals surface area contributed by atoms with Crippen LogP contribution >= 0.6 is 0 Å². The lowest BCUT2D eigenvalue weighted by Crippen LogP contribution is -2.07. The Bertz CT molecular complexity index is 515. The van der Waals surface area contributed by atoms with E-state index in [0.717, 1.165) is 25.7 Å². The van der Waals surface area contributed by atoms with Crippen LogP contribution in [-0.2, 0) is 9.84 Å². The van der Waals surface area contributed by atoms with Crippen LogP contribution < -0.4 is 0 Å². The third-order valence-corrected chi connectivity index (χ3v) is 5.13. The van der Waals surface area contributed by atoms with E-state index in [1.807, 2.05) is 13.8 Å². The summed E-state index contributed by atoms with van der Waals surface area (Å²) in [5.74, 6) is 0.269. The van der Waals surface area contributed by atoms with E-state index in [2.05, 4.69) is 0 Å². The Morgan fingerprint density at radius 1 is 0.950 bits per heavy atom. The Labute approximate surface area is 122 Å². The molecule has 4 heteroatoms. The maximum absolute atomic E-state index is 12.1. The number of hydrogen-bond acceptors (Lipinski definition) is 3. The van der Waals surface area contributed by atoms with Gasteiger partial charge in [-0.15, -0.1) is 0 Å². The molecule has 0 N–H and O–H groups in total. The number of rotatable bonds is 9. The molecule has 0 aliphatic heterocycles. The molecule has 1 rings (SSSR count). The molecule has 112 valence electrons. The van der Waals surface area contributed by atoms with E-state index in [1.165, 1.54) is 0 Å². The Hall–Kier alpha value is -1.16. The highest BCUT2D eigenvalue weighted by Gasteiger charge is 2.14. The summed E-state index contributed by atoms with van der Waals surface area (Å²) in [7, 11) is -3.20. The van der Waals surface area contributed by atoms with Crippen molar-refractivity contribution in [1.82, 2.24) is 0 Å². The lowest BCUT2D eigenvalue weighted by molar-refractivity contribution is 0.0979. The van der Waals surface area contributed by atoms with Gasteiger partial charge in [0.05, 0.1) is 10.6 Å². The minimum atomic E-state index is -3.20. The number of carbonyl (C=O) groups excluding carboxylic acids is 1. The van der Waals surface area contributed by atoms with Crippen molar-refractivity contribution >= 4 is 15.6 Å². The number of ketones is 1. The summed E-state index contributed by atoms with van der Waals surface area (Å²) in [4.78, 5) is 12.1. The Kier molecular flexibility index (Phi) is 6.93. The zero-order valence-corrected chi connectivity index (χ0v) is 13.2. The van der Waals surface area contributed by atoms with Gasteiger partial charge >= 0.3 is 0 Å². The SMILES string of the molecule is CCCCCS(=O)(=O)c1ccc(C(=O)CCCC)cc1. The average molecular weight is 296 g/mol. The van der Waals surface area contributed by atoms with Gasteiger partial charge in [0.25, 0.3) is 0 Å². The molecule has 0 aliphatic carbocycles. The monoisotopic (exact) mass is 296 g/mol. The molecule has 0 bridgehead atoms. The Morgan fingerprint density at radius 3 is 2.10 bits per heavy atom. The topological polar surface area (TPSA) is 51.2 Å². The van der Waals surface area contributed by atoms with Crippen LogP contribution in [0.5, 0.6) is 0 Å². The van der Waals surface area contributed by atoms with Gasteiger partial charge in [-0.25, -0.2) is 8.42 Å². The molecular weight excluding hydrogens is 272 g/mol. The smallest absolute Gasteiger partial charge is 0.178 e. The summed E-state index contributed by atoms with van der Waals surface area (Å²) >= 11 is 0. The van der Waals surface area contributed by atoms with Crippen LogP contribution in [0.2, 0.25) is 0 Å². The zero-order valence-electron chi connectivity index (χ0n) is 12.4. The first-order valence-electron chi connectivity index (χ1n) is 7.37. The van der Waals surface area contributed by atoms with Gasteiger partial charge in [0.15, 0.2) is 15.6 Å². The fourth-order valence-electron chi connectivity index (χ4n) is 1.99. The molecular formula is C16H24O3S. The quantitative estimate of drug-likeness (QED) is 0.511. The summed E-state index contributed by atoms with van der Waals surface area (Å²) in [6.07, 6.45) is 4.99. The van der Waals surface area contributed by atoms with Gasteiger partial charge in [0.2, 0.25) is 0 Å². The summed E-state index contributed by atoms with van der Waals surface area (Å²) in [6.45, 7) is 4.09. The molecule has 1 aromatic carbocycles. The summed E-state index contributed by atoms with van der Waals surface area (Å²) in [6, 6.07) is 6.37. The number of benzene rings is 1. The van der Waals surface area contributed by atoms with Crippen LogP contribution in [0, 0.1) is 0 Å². The van der Waals surface area contributed by atoms with Crippen molar-refractivity contribution in [2.45, 2.75) is 57.3 Å². The first kappa shape index (κ1) is 16.9. The molecule has 3 nitrogen and oxygen atoms in total. The van der Waals surface area contributed by atoms with Crippen molar-refractivity contribution in [3.05, 3.63) is 29.8 Å². The molecule has 0 saturated heterocycles. The fourth-order valence-corrected chi connectivity index (χ4v) is 3.36. The van der Waals surface area contributed by atoms with E-state index in [4.69, 9.17) is 0 Å². The molecule has 0 unspecified atom stereocenters. The van der Waals surface area contributed by atoms with Crippen molar-refractivity contribution < 1.29 is 13.2 Å². The second kappa shape index (κ2) is 8.20.